The summed E-state index contributed by atoms with van der Waals surface area (Å²) in [6, 6.07) is 16.2. The van der Waals surface area contributed by atoms with Crippen molar-refractivity contribution in [2.75, 3.05) is 52.0 Å². The molecule has 2 unspecified atom stereocenters. The lowest BCUT2D eigenvalue weighted by molar-refractivity contribution is -0.137. The molecule has 2 aromatic carbocycles. The van der Waals surface area contributed by atoms with Crippen molar-refractivity contribution >= 4 is 59.3 Å². The average molecular weight is 944 g/mol. The van der Waals surface area contributed by atoms with Crippen LogP contribution in [0.25, 0.3) is 44.6 Å². The van der Waals surface area contributed by atoms with E-state index in [0.29, 0.717) is 58.4 Å². The minimum Gasteiger partial charge on any atom is -0.478 e. The number of hydrogen-bond donors (Lipinski definition) is 6. The number of benzene rings is 3. The number of nitrogens with two attached hydrogens (primary N) is 1. The maximum Gasteiger partial charge on any atom is 0.530 e. The van der Waals surface area contributed by atoms with E-state index in [1.54, 1.807) is 6.07 Å². The molecule has 20 nitrogen and oxygen atoms in total. The number of carbonyl (C=O) groups excluding carboxylic acids is 2. The third-order valence-corrected chi connectivity index (χ3v) is 12.7. The fraction of sp³-hybridized carbons (Fsp3) is 0.413. The molecule has 7 rings (SSSR count). The van der Waals surface area contributed by atoms with E-state index >= 15 is 0 Å². The summed E-state index contributed by atoms with van der Waals surface area (Å²) < 4.78 is 38.1. The zero-order valence-corrected chi connectivity index (χ0v) is 38.6. The molecule has 1 fully saturated rings. The van der Waals surface area contributed by atoms with Crippen LogP contribution in [-0.2, 0) is 23.1 Å². The number of unbranched alkanes of at least 4 members (excludes halogenated alkanes) is 7. The first-order valence-electron chi connectivity index (χ1n) is 22.0. The summed E-state index contributed by atoms with van der Waals surface area (Å²) in [6.45, 7) is -0.243. The van der Waals surface area contributed by atoms with Crippen LogP contribution in [0.3, 0.4) is 0 Å². The van der Waals surface area contributed by atoms with E-state index in [1.165, 1.54) is 29.4 Å². The molecule has 2 aliphatic heterocycles. The number of nitrogens with zero attached hydrogens (tertiary/aromatic N) is 6. The van der Waals surface area contributed by atoms with Gasteiger partial charge in [0.15, 0.2) is 17.7 Å². The van der Waals surface area contributed by atoms with Crippen molar-refractivity contribution < 1.29 is 57.4 Å². The first kappa shape index (κ1) is 48.6. The molecule has 1 amide bonds. The summed E-state index contributed by atoms with van der Waals surface area (Å²) in [4.78, 5) is 63.0. The third kappa shape index (κ3) is 11.1. The van der Waals surface area contributed by atoms with Crippen LogP contribution >= 0.6 is 7.82 Å². The largest absolute Gasteiger partial charge is 0.530 e. The van der Waals surface area contributed by atoms with Crippen molar-refractivity contribution in [3.05, 3.63) is 83.7 Å². The number of imidazole rings is 1. The standard InChI is InChI=1S/C46H55N8O12P/c1-52(2)28-15-18-31-34(22-28)63-35-23-29(53(3)4)16-19-32(35)38(31)33-21-27(14-17-30(33)46(59)60)44(58)48-20-12-10-8-6-5-7-9-11-13-37(56)65-67(61,62)66-41-36(24-55)64-45(40(41)57)54-26-51-39-42(47)49-25-50-43(39)54/h14-19,21-23,25-26,36,40-41,45,55,57H,5-13,20,24H2,1-4H3,(H4-,47,48,49,50,58,59,60,61,62)/p+1/t36-,40+,41?,45-/m1/s1. The van der Waals surface area contributed by atoms with Crippen molar-refractivity contribution in [1.29, 1.82) is 0 Å². The highest BCUT2D eigenvalue weighted by molar-refractivity contribution is 7.48. The first-order valence-corrected chi connectivity index (χ1v) is 23.5. The Bertz CT molecular complexity index is 2860. The Hall–Kier alpha value is -6.28. The lowest BCUT2D eigenvalue weighted by atomic mass is 9.89. The lowest BCUT2D eigenvalue weighted by Crippen LogP contribution is -2.35. The van der Waals surface area contributed by atoms with E-state index in [9.17, 15) is 39.2 Å². The monoisotopic (exact) mass is 943 g/mol. The third-order valence-electron chi connectivity index (χ3n) is 11.7. The Labute approximate surface area is 385 Å². The number of phosphoric acid groups is 1. The summed E-state index contributed by atoms with van der Waals surface area (Å²) in [6.07, 6.45) is 3.06. The number of hydrogen-bond acceptors (Lipinski definition) is 15. The van der Waals surface area contributed by atoms with Crippen LogP contribution in [0.15, 0.2) is 71.7 Å². The number of aromatic carboxylic acids is 1. The quantitative estimate of drug-likeness (QED) is 0.0256. The zero-order chi connectivity index (χ0) is 48.0. The van der Waals surface area contributed by atoms with Crippen molar-refractivity contribution in [3.63, 3.8) is 0 Å². The van der Waals surface area contributed by atoms with Gasteiger partial charge in [-0.3, -0.25) is 23.6 Å². The number of nitrogen functional groups attached to an aromatic ring is 1. The van der Waals surface area contributed by atoms with E-state index in [-0.39, 0.29) is 34.9 Å². The Kier molecular flexibility index (Phi) is 15.3. The van der Waals surface area contributed by atoms with Gasteiger partial charge in [-0.15, -0.1) is 0 Å². The molecular formula is C46H56N8O12P+. The van der Waals surface area contributed by atoms with Gasteiger partial charge < -0.3 is 44.9 Å². The van der Waals surface area contributed by atoms with Crippen LogP contribution in [-0.4, -0.2) is 117 Å². The summed E-state index contributed by atoms with van der Waals surface area (Å²) in [5.74, 6) is -1.70. The van der Waals surface area contributed by atoms with Gasteiger partial charge in [0.2, 0.25) is 5.36 Å². The Morgan fingerprint density at radius 3 is 2.37 bits per heavy atom. The molecule has 0 saturated carbocycles. The van der Waals surface area contributed by atoms with Crippen LogP contribution < -0.4 is 25.9 Å². The Balaban J connectivity index is 0.844. The zero-order valence-electron chi connectivity index (χ0n) is 37.7. The van der Waals surface area contributed by atoms with Crippen LogP contribution in [0.5, 0.6) is 0 Å². The molecule has 4 heterocycles. The number of nitrogens with one attached hydrogen (secondary N) is 1. The number of carboxylic acid groups (broad SMARTS) is 1. The minimum atomic E-state index is -5.02. The lowest BCUT2D eigenvalue weighted by Gasteiger charge is -2.22. The predicted molar refractivity (Wildman–Crippen MR) is 248 cm³/mol. The topological polar surface area (TPSA) is 278 Å². The Morgan fingerprint density at radius 2 is 1.67 bits per heavy atom. The molecule has 0 radical (unpaired) electrons. The summed E-state index contributed by atoms with van der Waals surface area (Å²) in [5, 5.41) is 35.8. The number of ether oxygens (including phenoxy) is 1. The molecule has 1 aliphatic carbocycles. The van der Waals surface area contributed by atoms with Gasteiger partial charge in [-0.1, -0.05) is 38.5 Å². The molecule has 3 aliphatic rings. The maximum absolute atomic E-state index is 13.5. The highest BCUT2D eigenvalue weighted by Crippen LogP contribution is 2.49. The van der Waals surface area contributed by atoms with Crippen LogP contribution in [0.1, 0.15) is 84.7 Å². The summed E-state index contributed by atoms with van der Waals surface area (Å²) in [7, 11) is 2.70. The molecule has 5 atom stereocenters. The number of aliphatic hydroxyl groups is 2. The molecule has 21 heteroatoms. The van der Waals surface area contributed by atoms with Crippen LogP contribution in [0, 0.1) is 0 Å². The van der Waals surface area contributed by atoms with Gasteiger partial charge in [0.05, 0.1) is 24.6 Å². The van der Waals surface area contributed by atoms with Gasteiger partial charge in [-0.05, 0) is 54.8 Å². The molecule has 7 N–H and O–H groups in total. The highest BCUT2D eigenvalue weighted by Gasteiger charge is 2.49. The van der Waals surface area contributed by atoms with E-state index in [1.807, 2.05) is 74.1 Å². The second-order valence-corrected chi connectivity index (χ2v) is 18.2. The molecule has 0 spiro atoms. The average Bonchev–Trinajstić information content (AvgIpc) is 3.86. The molecule has 1 saturated heterocycles. The first-order chi connectivity index (χ1) is 32.1. The van der Waals surface area contributed by atoms with Crippen molar-refractivity contribution in [3.8, 4) is 22.5 Å². The molecule has 356 valence electrons. The fourth-order valence-electron chi connectivity index (χ4n) is 8.18. The van der Waals surface area contributed by atoms with Gasteiger partial charge in [-0.25, -0.2) is 28.9 Å². The van der Waals surface area contributed by atoms with Gasteiger partial charge in [0.1, 0.15) is 55.6 Å². The Morgan fingerprint density at radius 1 is 0.940 bits per heavy atom. The second-order valence-electron chi connectivity index (χ2n) is 16.8. The summed E-state index contributed by atoms with van der Waals surface area (Å²) >= 11 is 0. The number of rotatable bonds is 20. The van der Waals surface area contributed by atoms with E-state index in [2.05, 4.69) is 20.3 Å². The minimum absolute atomic E-state index is 0.0631. The maximum atomic E-state index is 13.5. The second kappa shape index (κ2) is 21.1. The van der Waals surface area contributed by atoms with Gasteiger partial charge >= 0.3 is 19.8 Å². The van der Waals surface area contributed by atoms with Crippen molar-refractivity contribution in [2.45, 2.75) is 82.3 Å². The van der Waals surface area contributed by atoms with Gasteiger partial charge in [0.25, 0.3) is 5.91 Å². The normalized spacial score (nSPS) is 18.0. The SMILES string of the molecule is CN(C)c1ccc2c(-c3cc(C(=O)NCCCCCCCCCCC(=O)OP(=O)(O)OC4[C@@H](CO)O[C@@H](n5cnc6c(N)ncnc65)[C@H]4O)ccc3C(=O)O)c3ccc(=[N+](C)C)cc-3oc2c1. The molecular weight excluding hydrogens is 888 g/mol. The van der Waals surface area contributed by atoms with Gasteiger partial charge in [0, 0.05) is 67.0 Å². The number of anilines is 2. The highest BCUT2D eigenvalue weighted by atomic mass is 31.2. The number of aromatic nitrogens is 4. The number of carbonyl (C=O) groups is 3. The number of amides is 1. The van der Waals surface area contributed by atoms with Crippen molar-refractivity contribution in [2.24, 2.45) is 0 Å². The number of carboxylic acids is 1. The molecule has 67 heavy (non-hydrogen) atoms. The van der Waals surface area contributed by atoms with E-state index in [0.717, 1.165) is 49.6 Å². The molecule has 4 aromatic rings. The van der Waals surface area contributed by atoms with Crippen LogP contribution in [0.4, 0.5) is 11.5 Å². The van der Waals surface area contributed by atoms with E-state index < -0.39 is 50.9 Å². The van der Waals surface area contributed by atoms with Crippen LogP contribution in [0.2, 0.25) is 0 Å². The molecule has 2 aromatic heterocycles. The number of fused-ring (bicyclic) bond motifs is 3. The predicted octanol–water partition coefficient (Wildman–Crippen LogP) is 4.94. The summed E-state index contributed by atoms with van der Waals surface area (Å²) in [5.41, 5.74) is 9.98. The molecule has 0 bridgehead atoms. The number of phosphoric ester groups is 1. The van der Waals surface area contributed by atoms with Crippen molar-refractivity contribution in [1.82, 2.24) is 29.4 Å². The fourth-order valence-corrected chi connectivity index (χ4v) is 9.14. The number of aliphatic hydroxyl groups excluding tert-OH is 2. The van der Waals surface area contributed by atoms with Gasteiger partial charge in [-0.2, -0.15) is 0 Å². The smallest absolute Gasteiger partial charge is 0.478 e. The van der Waals surface area contributed by atoms with E-state index in [4.69, 9.17) is 23.9 Å².